The van der Waals surface area contributed by atoms with Crippen molar-refractivity contribution in [2.45, 2.75) is 27.2 Å². The van der Waals surface area contributed by atoms with Crippen LogP contribution < -0.4 is 4.74 Å². The standard InChI is InChI=1S/C12H14O4/c1-4-9-7(2)10(12(14)15)5-6-11(9)16-8(3)13/h5-6H,4H2,1-3H3,(H,14,15). The average Bonchev–Trinajstić information content (AvgIpc) is 2.16. The summed E-state index contributed by atoms with van der Waals surface area (Å²) in [6.45, 7) is 4.93. The Labute approximate surface area is 93.9 Å². The molecule has 0 fully saturated rings. The van der Waals surface area contributed by atoms with Gasteiger partial charge < -0.3 is 9.84 Å². The van der Waals surface area contributed by atoms with Gasteiger partial charge in [0.2, 0.25) is 0 Å². The van der Waals surface area contributed by atoms with Crippen molar-refractivity contribution in [2.75, 3.05) is 0 Å². The number of carboxylic acid groups (broad SMARTS) is 1. The quantitative estimate of drug-likeness (QED) is 0.629. The number of aromatic carboxylic acids is 1. The first-order valence-electron chi connectivity index (χ1n) is 5.01. The number of esters is 1. The number of carboxylic acids is 1. The molecule has 0 aliphatic carbocycles. The molecule has 86 valence electrons. The van der Waals surface area contributed by atoms with E-state index in [-0.39, 0.29) is 5.56 Å². The zero-order chi connectivity index (χ0) is 12.3. The SMILES string of the molecule is CCc1c(OC(C)=O)ccc(C(=O)O)c1C. The summed E-state index contributed by atoms with van der Waals surface area (Å²) in [4.78, 5) is 21.8. The first kappa shape index (κ1) is 12.2. The maximum atomic E-state index is 10.9. The van der Waals surface area contributed by atoms with Gasteiger partial charge in [-0.05, 0) is 36.6 Å². The molecule has 0 aliphatic heterocycles. The van der Waals surface area contributed by atoms with Crippen LogP contribution in [0.25, 0.3) is 0 Å². The highest BCUT2D eigenvalue weighted by Crippen LogP contribution is 2.26. The molecule has 0 amide bonds. The van der Waals surface area contributed by atoms with Crippen LogP contribution in [0.4, 0.5) is 0 Å². The molecule has 1 aromatic rings. The van der Waals surface area contributed by atoms with E-state index in [1.807, 2.05) is 6.92 Å². The second kappa shape index (κ2) is 4.79. The molecule has 1 N–H and O–H groups in total. The predicted molar refractivity (Wildman–Crippen MR) is 58.8 cm³/mol. The van der Waals surface area contributed by atoms with Gasteiger partial charge in [0, 0.05) is 6.92 Å². The van der Waals surface area contributed by atoms with Crippen molar-refractivity contribution < 1.29 is 19.4 Å². The minimum Gasteiger partial charge on any atom is -0.478 e. The van der Waals surface area contributed by atoms with Crippen LogP contribution in [0.2, 0.25) is 0 Å². The van der Waals surface area contributed by atoms with Gasteiger partial charge in [0.25, 0.3) is 0 Å². The molecule has 4 heteroatoms. The molecule has 0 unspecified atom stereocenters. The maximum Gasteiger partial charge on any atom is 0.335 e. The minimum absolute atomic E-state index is 0.243. The third kappa shape index (κ3) is 2.39. The van der Waals surface area contributed by atoms with Gasteiger partial charge in [0.05, 0.1) is 5.56 Å². The molecule has 0 saturated heterocycles. The summed E-state index contributed by atoms with van der Waals surface area (Å²) in [6.07, 6.45) is 0.621. The van der Waals surface area contributed by atoms with Gasteiger partial charge in [-0.2, -0.15) is 0 Å². The number of rotatable bonds is 3. The molecular weight excluding hydrogens is 208 g/mol. The smallest absolute Gasteiger partial charge is 0.335 e. The van der Waals surface area contributed by atoms with Crippen LogP contribution in [-0.4, -0.2) is 17.0 Å². The van der Waals surface area contributed by atoms with Gasteiger partial charge >= 0.3 is 11.9 Å². The van der Waals surface area contributed by atoms with Crippen LogP contribution in [0.1, 0.15) is 35.3 Å². The number of carbonyl (C=O) groups excluding carboxylic acids is 1. The Balaban J connectivity index is 3.29. The van der Waals surface area contributed by atoms with Crippen LogP contribution in [0.5, 0.6) is 5.75 Å². The first-order valence-corrected chi connectivity index (χ1v) is 5.01. The summed E-state index contributed by atoms with van der Waals surface area (Å²) < 4.78 is 5.02. The molecule has 1 aromatic carbocycles. The molecule has 0 aliphatic rings. The molecule has 4 nitrogen and oxygen atoms in total. The van der Waals surface area contributed by atoms with E-state index in [1.165, 1.54) is 19.1 Å². The molecule has 0 spiro atoms. The molecular formula is C12H14O4. The topological polar surface area (TPSA) is 63.6 Å². The second-order valence-electron chi connectivity index (χ2n) is 3.47. The van der Waals surface area contributed by atoms with Crippen LogP contribution in [-0.2, 0) is 11.2 Å². The lowest BCUT2D eigenvalue weighted by Crippen LogP contribution is -2.08. The van der Waals surface area contributed by atoms with E-state index in [0.29, 0.717) is 17.7 Å². The van der Waals surface area contributed by atoms with Gasteiger partial charge in [0.15, 0.2) is 0 Å². The van der Waals surface area contributed by atoms with Crippen LogP contribution in [0, 0.1) is 6.92 Å². The fourth-order valence-electron chi connectivity index (χ4n) is 1.65. The summed E-state index contributed by atoms with van der Waals surface area (Å²) in [5.41, 5.74) is 1.65. The van der Waals surface area contributed by atoms with Crippen molar-refractivity contribution in [2.24, 2.45) is 0 Å². The van der Waals surface area contributed by atoms with Gasteiger partial charge in [-0.15, -0.1) is 0 Å². The Morgan fingerprint density at radius 3 is 2.44 bits per heavy atom. The number of hydrogen-bond donors (Lipinski definition) is 1. The summed E-state index contributed by atoms with van der Waals surface area (Å²) in [5.74, 6) is -0.934. The largest absolute Gasteiger partial charge is 0.478 e. The lowest BCUT2D eigenvalue weighted by Gasteiger charge is -2.12. The van der Waals surface area contributed by atoms with Gasteiger partial charge in [0.1, 0.15) is 5.75 Å². The Bertz CT molecular complexity index is 435. The van der Waals surface area contributed by atoms with E-state index >= 15 is 0 Å². The van der Waals surface area contributed by atoms with E-state index in [9.17, 15) is 9.59 Å². The van der Waals surface area contributed by atoms with E-state index in [2.05, 4.69) is 0 Å². The predicted octanol–water partition coefficient (Wildman–Crippen LogP) is 2.18. The first-order chi connectivity index (χ1) is 7.47. The summed E-state index contributed by atoms with van der Waals surface area (Å²) in [6, 6.07) is 2.98. The van der Waals surface area contributed by atoms with Crippen molar-refractivity contribution in [3.63, 3.8) is 0 Å². The second-order valence-corrected chi connectivity index (χ2v) is 3.47. The van der Waals surface area contributed by atoms with Crippen molar-refractivity contribution in [1.29, 1.82) is 0 Å². The molecule has 16 heavy (non-hydrogen) atoms. The van der Waals surface area contributed by atoms with E-state index in [4.69, 9.17) is 9.84 Å². The van der Waals surface area contributed by atoms with Crippen molar-refractivity contribution in [1.82, 2.24) is 0 Å². The van der Waals surface area contributed by atoms with Crippen LogP contribution >= 0.6 is 0 Å². The summed E-state index contributed by atoms with van der Waals surface area (Å²) in [7, 11) is 0. The lowest BCUT2D eigenvalue weighted by molar-refractivity contribution is -0.131. The number of ether oxygens (including phenoxy) is 1. The highest BCUT2D eigenvalue weighted by Gasteiger charge is 2.14. The molecule has 0 aromatic heterocycles. The van der Waals surface area contributed by atoms with Gasteiger partial charge in [-0.1, -0.05) is 6.92 Å². The van der Waals surface area contributed by atoms with Crippen LogP contribution in [0.15, 0.2) is 12.1 Å². The molecule has 0 heterocycles. The molecule has 0 bridgehead atoms. The summed E-state index contributed by atoms with van der Waals surface area (Å²) >= 11 is 0. The van der Waals surface area contributed by atoms with Gasteiger partial charge in [-0.3, -0.25) is 4.79 Å². The fraction of sp³-hybridized carbons (Fsp3) is 0.333. The summed E-state index contributed by atoms with van der Waals surface area (Å²) in [5, 5.41) is 8.95. The number of benzene rings is 1. The van der Waals surface area contributed by atoms with Crippen molar-refractivity contribution in [3.8, 4) is 5.75 Å². The molecule has 0 saturated carbocycles. The number of hydrogen-bond acceptors (Lipinski definition) is 3. The zero-order valence-corrected chi connectivity index (χ0v) is 9.53. The fourth-order valence-corrected chi connectivity index (χ4v) is 1.65. The monoisotopic (exact) mass is 222 g/mol. The van der Waals surface area contributed by atoms with Crippen molar-refractivity contribution in [3.05, 3.63) is 28.8 Å². The highest BCUT2D eigenvalue weighted by molar-refractivity contribution is 5.90. The zero-order valence-electron chi connectivity index (χ0n) is 9.53. The molecule has 0 radical (unpaired) electrons. The molecule has 0 atom stereocenters. The maximum absolute atomic E-state index is 10.9. The van der Waals surface area contributed by atoms with Crippen molar-refractivity contribution >= 4 is 11.9 Å². The third-order valence-corrected chi connectivity index (χ3v) is 2.39. The highest BCUT2D eigenvalue weighted by atomic mass is 16.5. The Kier molecular flexibility index (Phi) is 3.66. The number of carbonyl (C=O) groups is 2. The lowest BCUT2D eigenvalue weighted by atomic mass is 9.99. The van der Waals surface area contributed by atoms with Crippen LogP contribution in [0.3, 0.4) is 0 Å². The van der Waals surface area contributed by atoms with Gasteiger partial charge in [-0.25, -0.2) is 4.79 Å². The molecule has 1 rings (SSSR count). The average molecular weight is 222 g/mol. The Morgan fingerprint density at radius 1 is 1.38 bits per heavy atom. The van der Waals surface area contributed by atoms with E-state index < -0.39 is 11.9 Å². The van der Waals surface area contributed by atoms with E-state index in [1.54, 1.807) is 6.92 Å². The normalized spacial score (nSPS) is 9.94. The third-order valence-electron chi connectivity index (χ3n) is 2.39. The Morgan fingerprint density at radius 2 is 2.00 bits per heavy atom. The minimum atomic E-state index is -0.971. The Hall–Kier alpha value is -1.84. The van der Waals surface area contributed by atoms with E-state index in [0.717, 1.165) is 5.56 Å².